The fraction of sp³-hybridized carbons (Fsp3) is 0.174. The minimum Gasteiger partial charge on any atom is -0.496 e. The average Bonchev–Trinajstić information content (AvgIpc) is 2.71. The van der Waals surface area contributed by atoms with E-state index in [0.29, 0.717) is 16.9 Å². The van der Waals surface area contributed by atoms with Crippen molar-refractivity contribution in [3.8, 4) is 5.75 Å². The summed E-state index contributed by atoms with van der Waals surface area (Å²) < 4.78 is 29.4. The number of aryl methyl sites for hydroxylation is 1. The van der Waals surface area contributed by atoms with Crippen LogP contribution >= 0.6 is 0 Å². The molecule has 0 aliphatic carbocycles. The second kappa shape index (κ2) is 8.49. The van der Waals surface area contributed by atoms with E-state index in [1.54, 1.807) is 36.4 Å². The van der Waals surface area contributed by atoms with Gasteiger partial charge in [0, 0.05) is 6.26 Å². The molecule has 6 heteroatoms. The lowest BCUT2D eigenvalue weighted by molar-refractivity contribution is 0.0940. The molecule has 0 fully saturated rings. The van der Waals surface area contributed by atoms with Crippen LogP contribution in [0, 0.1) is 6.92 Å². The summed E-state index contributed by atoms with van der Waals surface area (Å²) in [6, 6.07) is 20.9. The summed E-state index contributed by atoms with van der Waals surface area (Å²) in [4.78, 5) is 13.3. The molecule has 3 aromatic carbocycles. The number of methoxy groups -OCH3 is 1. The highest BCUT2D eigenvalue weighted by atomic mass is 32.2. The first-order chi connectivity index (χ1) is 13.8. The Kier molecular flexibility index (Phi) is 6.03. The largest absolute Gasteiger partial charge is 0.496 e. The summed E-state index contributed by atoms with van der Waals surface area (Å²) in [5, 5.41) is 3.02. The molecule has 0 aliphatic rings. The van der Waals surface area contributed by atoms with Gasteiger partial charge >= 0.3 is 0 Å². The molecule has 0 heterocycles. The van der Waals surface area contributed by atoms with Gasteiger partial charge in [-0.2, -0.15) is 0 Å². The fourth-order valence-corrected chi connectivity index (χ4v) is 3.80. The van der Waals surface area contributed by atoms with Crippen molar-refractivity contribution in [2.45, 2.75) is 17.9 Å². The number of nitrogens with one attached hydrogen (secondary N) is 1. The van der Waals surface area contributed by atoms with Crippen LogP contribution in [0.4, 0.5) is 0 Å². The zero-order valence-electron chi connectivity index (χ0n) is 16.5. The summed E-state index contributed by atoms with van der Waals surface area (Å²) in [6.07, 6.45) is 1.17. The molecule has 3 rings (SSSR count). The van der Waals surface area contributed by atoms with Gasteiger partial charge < -0.3 is 10.1 Å². The Balaban J connectivity index is 2.03. The van der Waals surface area contributed by atoms with Crippen molar-refractivity contribution in [2.24, 2.45) is 0 Å². The molecule has 5 nitrogen and oxygen atoms in total. The maximum atomic E-state index is 13.1. The molecule has 1 N–H and O–H groups in total. The first-order valence-electron chi connectivity index (χ1n) is 9.10. The Morgan fingerprint density at radius 3 is 2.28 bits per heavy atom. The van der Waals surface area contributed by atoms with Crippen LogP contribution < -0.4 is 10.1 Å². The summed E-state index contributed by atoms with van der Waals surface area (Å²) in [6.45, 7) is 1.92. The minimum atomic E-state index is -3.37. The van der Waals surface area contributed by atoms with E-state index in [1.807, 2.05) is 43.3 Å². The quantitative estimate of drug-likeness (QED) is 0.670. The second-order valence-corrected chi connectivity index (χ2v) is 8.88. The maximum Gasteiger partial charge on any atom is 0.255 e. The van der Waals surface area contributed by atoms with Crippen LogP contribution in [0.15, 0.2) is 77.7 Å². The summed E-state index contributed by atoms with van der Waals surface area (Å²) >= 11 is 0. The van der Waals surface area contributed by atoms with Gasteiger partial charge in [-0.3, -0.25) is 4.79 Å². The number of carbonyl (C=O) groups excluding carboxylic acids is 1. The van der Waals surface area contributed by atoms with Gasteiger partial charge in [0.05, 0.1) is 23.6 Å². The molecule has 0 saturated heterocycles. The highest BCUT2D eigenvalue weighted by molar-refractivity contribution is 7.90. The average molecular weight is 410 g/mol. The molecule has 3 aromatic rings. The van der Waals surface area contributed by atoms with Crippen LogP contribution in [0.3, 0.4) is 0 Å². The highest BCUT2D eigenvalue weighted by Crippen LogP contribution is 2.26. The number of hydrogen-bond donors (Lipinski definition) is 1. The molecule has 1 atom stereocenters. The second-order valence-electron chi connectivity index (χ2n) is 6.87. The third-order valence-electron chi connectivity index (χ3n) is 4.63. The fourth-order valence-electron chi connectivity index (χ4n) is 3.12. The number of hydrogen-bond acceptors (Lipinski definition) is 4. The van der Waals surface area contributed by atoms with E-state index in [-0.39, 0.29) is 10.8 Å². The Hall–Kier alpha value is -3.12. The molecule has 0 aromatic heterocycles. The Bertz CT molecular complexity index is 1120. The summed E-state index contributed by atoms with van der Waals surface area (Å²) in [5.41, 5.74) is 2.92. The summed E-state index contributed by atoms with van der Waals surface area (Å²) in [7, 11) is -1.85. The first kappa shape index (κ1) is 20.6. The van der Waals surface area contributed by atoms with Crippen molar-refractivity contribution in [2.75, 3.05) is 13.4 Å². The molecule has 1 unspecified atom stereocenters. The van der Waals surface area contributed by atoms with Crippen molar-refractivity contribution >= 4 is 15.7 Å². The zero-order chi connectivity index (χ0) is 21.0. The number of sulfone groups is 1. The van der Waals surface area contributed by atoms with E-state index in [1.165, 1.54) is 13.4 Å². The van der Waals surface area contributed by atoms with Crippen molar-refractivity contribution < 1.29 is 17.9 Å². The topological polar surface area (TPSA) is 72.5 Å². The Labute approximate surface area is 171 Å². The van der Waals surface area contributed by atoms with Gasteiger partial charge in [-0.15, -0.1) is 0 Å². The van der Waals surface area contributed by atoms with Gasteiger partial charge in [-0.25, -0.2) is 8.42 Å². The molecule has 0 radical (unpaired) electrons. The van der Waals surface area contributed by atoms with Gasteiger partial charge in [0.15, 0.2) is 9.84 Å². The van der Waals surface area contributed by atoms with Crippen molar-refractivity contribution in [1.82, 2.24) is 5.32 Å². The molecular formula is C23H23NO4S. The standard InChI is InChI=1S/C23H23NO4S/c1-16-12-13-20(21(14-16)28-2)23(25)24-22(17-8-5-4-6-9-17)18-10-7-11-19(15-18)29(3,26)27/h4-15,22H,1-3H3,(H,24,25). The van der Waals surface area contributed by atoms with Crippen LogP contribution in [0.5, 0.6) is 5.75 Å². The molecule has 0 bridgehead atoms. The highest BCUT2D eigenvalue weighted by Gasteiger charge is 2.21. The first-order valence-corrected chi connectivity index (χ1v) is 11.0. The van der Waals surface area contributed by atoms with E-state index in [9.17, 15) is 13.2 Å². The van der Waals surface area contributed by atoms with Crippen LogP contribution in [-0.4, -0.2) is 27.7 Å². The minimum absolute atomic E-state index is 0.207. The zero-order valence-corrected chi connectivity index (χ0v) is 17.4. The normalized spacial score (nSPS) is 12.2. The number of amides is 1. The van der Waals surface area contributed by atoms with Gasteiger partial charge in [0.1, 0.15) is 5.75 Å². The van der Waals surface area contributed by atoms with Gasteiger partial charge in [-0.1, -0.05) is 48.5 Å². The molecular weight excluding hydrogens is 386 g/mol. The Morgan fingerprint density at radius 2 is 1.62 bits per heavy atom. The molecule has 0 saturated carbocycles. The number of benzene rings is 3. The number of carbonyl (C=O) groups is 1. The lowest BCUT2D eigenvalue weighted by Gasteiger charge is -2.21. The van der Waals surface area contributed by atoms with Crippen LogP contribution in [0.1, 0.15) is 33.1 Å². The van der Waals surface area contributed by atoms with E-state index in [0.717, 1.165) is 11.1 Å². The third kappa shape index (κ3) is 4.84. The van der Waals surface area contributed by atoms with Crippen LogP contribution in [0.2, 0.25) is 0 Å². The van der Waals surface area contributed by atoms with Gasteiger partial charge in [-0.05, 0) is 47.9 Å². The molecule has 29 heavy (non-hydrogen) atoms. The number of rotatable bonds is 6. The molecule has 0 spiro atoms. The van der Waals surface area contributed by atoms with Gasteiger partial charge in [0.25, 0.3) is 5.91 Å². The lowest BCUT2D eigenvalue weighted by Crippen LogP contribution is -2.29. The van der Waals surface area contributed by atoms with E-state index in [2.05, 4.69) is 5.32 Å². The Morgan fingerprint density at radius 1 is 0.931 bits per heavy atom. The monoisotopic (exact) mass is 409 g/mol. The van der Waals surface area contributed by atoms with Crippen molar-refractivity contribution in [3.63, 3.8) is 0 Å². The van der Waals surface area contributed by atoms with Gasteiger partial charge in [0.2, 0.25) is 0 Å². The van der Waals surface area contributed by atoms with Crippen molar-refractivity contribution in [3.05, 3.63) is 95.1 Å². The lowest BCUT2D eigenvalue weighted by atomic mass is 9.98. The molecule has 1 amide bonds. The predicted octanol–water partition coefficient (Wildman–Crippen LogP) is 3.93. The maximum absolute atomic E-state index is 13.1. The van der Waals surface area contributed by atoms with E-state index in [4.69, 9.17) is 4.74 Å². The molecule has 0 aliphatic heterocycles. The smallest absolute Gasteiger partial charge is 0.255 e. The van der Waals surface area contributed by atoms with Crippen molar-refractivity contribution in [1.29, 1.82) is 0 Å². The SMILES string of the molecule is COc1cc(C)ccc1C(=O)NC(c1ccccc1)c1cccc(S(C)(=O)=O)c1. The van der Waals surface area contributed by atoms with E-state index >= 15 is 0 Å². The van der Waals surface area contributed by atoms with Crippen LogP contribution in [0.25, 0.3) is 0 Å². The molecule has 150 valence electrons. The predicted molar refractivity (Wildman–Crippen MR) is 113 cm³/mol. The van der Waals surface area contributed by atoms with E-state index < -0.39 is 15.9 Å². The van der Waals surface area contributed by atoms with Crippen LogP contribution in [-0.2, 0) is 9.84 Å². The third-order valence-corrected chi connectivity index (χ3v) is 5.74. The summed E-state index contributed by atoms with van der Waals surface area (Å²) in [5.74, 6) is 0.180. The number of ether oxygens (including phenoxy) is 1.